The van der Waals surface area contributed by atoms with Crippen molar-refractivity contribution >= 4 is 17.3 Å². The van der Waals surface area contributed by atoms with Crippen molar-refractivity contribution in [2.45, 2.75) is 19.7 Å². The fourth-order valence-corrected chi connectivity index (χ4v) is 2.55. The maximum Gasteiger partial charge on any atom is 0.146 e. The van der Waals surface area contributed by atoms with Gasteiger partial charge in [-0.15, -0.1) is 11.6 Å². The normalized spacial score (nSPS) is 25.1. The van der Waals surface area contributed by atoms with E-state index in [1.807, 2.05) is 6.07 Å². The van der Waals surface area contributed by atoms with Crippen molar-refractivity contribution in [1.82, 2.24) is 0 Å². The molecule has 1 aromatic carbocycles. The summed E-state index contributed by atoms with van der Waals surface area (Å²) in [4.78, 5) is 2.13. The Kier molecular flexibility index (Phi) is 3.38. The second kappa shape index (κ2) is 4.62. The van der Waals surface area contributed by atoms with Gasteiger partial charge < -0.3 is 4.90 Å². The molecule has 1 heterocycles. The van der Waals surface area contributed by atoms with Crippen LogP contribution in [0, 0.1) is 17.7 Å². The molecule has 0 amide bonds. The number of para-hydroxylation sites is 1. The number of nitrogens with zero attached hydrogens (tertiary/aromatic N) is 1. The van der Waals surface area contributed by atoms with Crippen LogP contribution in [0.1, 0.15) is 19.4 Å². The molecule has 0 aromatic heterocycles. The van der Waals surface area contributed by atoms with Crippen LogP contribution in [0.5, 0.6) is 0 Å². The lowest BCUT2D eigenvalue weighted by atomic mass is 10.0. The Hall–Kier alpha value is -0.760. The van der Waals surface area contributed by atoms with Crippen molar-refractivity contribution in [2.24, 2.45) is 11.8 Å². The number of benzene rings is 1. The molecule has 0 saturated carbocycles. The van der Waals surface area contributed by atoms with E-state index in [0.29, 0.717) is 23.4 Å². The molecule has 0 bridgehead atoms. The van der Waals surface area contributed by atoms with Gasteiger partial charge in [0, 0.05) is 19.0 Å². The lowest BCUT2D eigenvalue weighted by molar-refractivity contribution is 0.494. The van der Waals surface area contributed by atoms with Gasteiger partial charge in [-0.05, 0) is 23.5 Å². The zero-order valence-corrected chi connectivity index (χ0v) is 10.5. The predicted octanol–water partition coefficient (Wildman–Crippen LogP) is 3.66. The topological polar surface area (TPSA) is 3.24 Å². The Bertz CT molecular complexity index is 370. The molecule has 1 fully saturated rings. The van der Waals surface area contributed by atoms with Crippen molar-refractivity contribution in [3.8, 4) is 0 Å². The SMILES string of the molecule is CC1CN(c2c(F)cccc2CCl)CC1C. The van der Waals surface area contributed by atoms with Crippen LogP contribution in [-0.2, 0) is 5.88 Å². The van der Waals surface area contributed by atoms with E-state index in [9.17, 15) is 4.39 Å². The van der Waals surface area contributed by atoms with Gasteiger partial charge in [0.2, 0.25) is 0 Å². The molecule has 0 spiro atoms. The fraction of sp³-hybridized carbons (Fsp3) is 0.538. The third-order valence-electron chi connectivity index (χ3n) is 3.52. The molecule has 1 aliphatic rings. The van der Waals surface area contributed by atoms with Crippen LogP contribution in [0.4, 0.5) is 10.1 Å². The molecule has 2 atom stereocenters. The Morgan fingerprint density at radius 3 is 2.50 bits per heavy atom. The van der Waals surface area contributed by atoms with Gasteiger partial charge in [-0.1, -0.05) is 26.0 Å². The highest BCUT2D eigenvalue weighted by Crippen LogP contribution is 2.32. The summed E-state index contributed by atoms with van der Waals surface area (Å²) in [6.45, 7) is 6.27. The Balaban J connectivity index is 2.33. The molecular weight excluding hydrogens is 225 g/mol. The molecule has 0 radical (unpaired) electrons. The van der Waals surface area contributed by atoms with Crippen molar-refractivity contribution in [2.75, 3.05) is 18.0 Å². The summed E-state index contributed by atoms with van der Waals surface area (Å²) in [6, 6.07) is 5.14. The van der Waals surface area contributed by atoms with Gasteiger partial charge in [0.1, 0.15) is 5.82 Å². The Morgan fingerprint density at radius 1 is 1.31 bits per heavy atom. The van der Waals surface area contributed by atoms with Crippen molar-refractivity contribution < 1.29 is 4.39 Å². The van der Waals surface area contributed by atoms with Crippen LogP contribution in [0.15, 0.2) is 18.2 Å². The minimum atomic E-state index is -0.153. The van der Waals surface area contributed by atoms with Crippen molar-refractivity contribution in [1.29, 1.82) is 0 Å². The first kappa shape index (κ1) is 11.7. The largest absolute Gasteiger partial charge is 0.368 e. The van der Waals surface area contributed by atoms with E-state index in [-0.39, 0.29) is 5.82 Å². The van der Waals surface area contributed by atoms with Gasteiger partial charge in [0.05, 0.1) is 5.69 Å². The standard InChI is InChI=1S/C13H17ClFN/c1-9-7-16(8-10(9)2)13-11(6-14)4-3-5-12(13)15/h3-5,9-10H,6-8H2,1-2H3. The molecular formula is C13H17ClFN. The zero-order valence-electron chi connectivity index (χ0n) is 9.71. The maximum absolute atomic E-state index is 13.8. The number of rotatable bonds is 2. The molecule has 1 aromatic rings. The third-order valence-corrected chi connectivity index (χ3v) is 3.81. The number of alkyl halides is 1. The Labute approximate surface area is 101 Å². The first-order valence-corrected chi connectivity index (χ1v) is 6.25. The number of hydrogen-bond donors (Lipinski definition) is 0. The highest BCUT2D eigenvalue weighted by atomic mass is 35.5. The first-order valence-electron chi connectivity index (χ1n) is 5.71. The van der Waals surface area contributed by atoms with Gasteiger partial charge in [-0.2, -0.15) is 0 Å². The lowest BCUT2D eigenvalue weighted by Gasteiger charge is -2.21. The third kappa shape index (κ3) is 2.03. The van der Waals surface area contributed by atoms with Crippen molar-refractivity contribution in [3.05, 3.63) is 29.6 Å². The average Bonchev–Trinajstić information content (AvgIpc) is 2.58. The van der Waals surface area contributed by atoms with Gasteiger partial charge in [0.25, 0.3) is 0 Å². The lowest BCUT2D eigenvalue weighted by Crippen LogP contribution is -2.22. The highest BCUT2D eigenvalue weighted by molar-refractivity contribution is 6.17. The monoisotopic (exact) mass is 241 g/mol. The second-order valence-electron chi connectivity index (χ2n) is 4.74. The highest BCUT2D eigenvalue weighted by Gasteiger charge is 2.28. The summed E-state index contributed by atoms with van der Waals surface area (Å²) in [7, 11) is 0. The van der Waals surface area contributed by atoms with Gasteiger partial charge >= 0.3 is 0 Å². The summed E-state index contributed by atoms with van der Waals surface area (Å²) in [5.74, 6) is 1.44. The Morgan fingerprint density at radius 2 is 1.94 bits per heavy atom. The van der Waals surface area contributed by atoms with E-state index < -0.39 is 0 Å². The first-order chi connectivity index (χ1) is 7.63. The maximum atomic E-state index is 13.8. The van der Waals surface area contributed by atoms with Crippen LogP contribution < -0.4 is 4.90 Å². The predicted molar refractivity (Wildman–Crippen MR) is 66.5 cm³/mol. The smallest absolute Gasteiger partial charge is 0.146 e. The number of hydrogen-bond acceptors (Lipinski definition) is 1. The van der Waals surface area contributed by atoms with Crippen LogP contribution in [0.2, 0.25) is 0 Å². The van der Waals surface area contributed by atoms with Crippen LogP contribution in [0.3, 0.4) is 0 Å². The number of halogens is 2. The molecule has 1 aliphatic heterocycles. The van der Waals surface area contributed by atoms with Crippen LogP contribution >= 0.6 is 11.6 Å². The molecule has 16 heavy (non-hydrogen) atoms. The van der Waals surface area contributed by atoms with Crippen LogP contribution in [-0.4, -0.2) is 13.1 Å². The summed E-state index contributed by atoms with van der Waals surface area (Å²) < 4.78 is 13.8. The second-order valence-corrected chi connectivity index (χ2v) is 5.01. The van der Waals surface area contributed by atoms with Gasteiger partial charge in [-0.3, -0.25) is 0 Å². The fourth-order valence-electron chi connectivity index (χ4n) is 2.33. The van der Waals surface area contributed by atoms with E-state index in [1.165, 1.54) is 6.07 Å². The van der Waals surface area contributed by atoms with E-state index in [4.69, 9.17) is 11.6 Å². The molecule has 2 rings (SSSR count). The molecule has 1 saturated heterocycles. The molecule has 0 aliphatic carbocycles. The molecule has 1 nitrogen and oxygen atoms in total. The van der Waals surface area contributed by atoms with Gasteiger partial charge in [0.15, 0.2) is 0 Å². The minimum Gasteiger partial charge on any atom is -0.368 e. The van der Waals surface area contributed by atoms with E-state index >= 15 is 0 Å². The molecule has 2 unspecified atom stereocenters. The summed E-state index contributed by atoms with van der Waals surface area (Å²) >= 11 is 5.86. The van der Waals surface area contributed by atoms with Crippen LogP contribution in [0.25, 0.3) is 0 Å². The number of anilines is 1. The minimum absolute atomic E-state index is 0.153. The summed E-state index contributed by atoms with van der Waals surface area (Å²) in [6.07, 6.45) is 0. The summed E-state index contributed by atoms with van der Waals surface area (Å²) in [5.41, 5.74) is 1.59. The van der Waals surface area contributed by atoms with E-state index in [2.05, 4.69) is 18.7 Å². The van der Waals surface area contributed by atoms with Crippen molar-refractivity contribution in [3.63, 3.8) is 0 Å². The van der Waals surface area contributed by atoms with E-state index in [1.54, 1.807) is 6.07 Å². The summed E-state index contributed by atoms with van der Waals surface area (Å²) in [5, 5.41) is 0. The average molecular weight is 242 g/mol. The quantitative estimate of drug-likeness (QED) is 0.715. The molecule has 88 valence electrons. The molecule has 3 heteroatoms. The van der Waals surface area contributed by atoms with E-state index in [0.717, 1.165) is 18.7 Å². The zero-order chi connectivity index (χ0) is 11.7. The molecule has 0 N–H and O–H groups in total. The van der Waals surface area contributed by atoms with Gasteiger partial charge in [-0.25, -0.2) is 4.39 Å².